The molecule has 2 heterocycles. The van der Waals surface area contributed by atoms with Gasteiger partial charge in [-0.25, -0.2) is 0 Å². The Hall–Kier alpha value is -0.870. The summed E-state index contributed by atoms with van der Waals surface area (Å²) < 4.78 is 0. The standard InChI is InChI=1S/C16H26N2OS/c1-6-11(3)10-18-14(13-9-8-12(4)20-13)17-16(5,7-2)15(18)19/h8-9,11,14,17H,6-7,10H2,1-5H3. The fourth-order valence-corrected chi connectivity index (χ4v) is 3.55. The number of nitrogens with zero attached hydrogens (tertiary/aromatic N) is 1. The van der Waals surface area contributed by atoms with Crippen LogP contribution in [0.15, 0.2) is 12.1 Å². The zero-order valence-electron chi connectivity index (χ0n) is 13.2. The largest absolute Gasteiger partial charge is 0.320 e. The van der Waals surface area contributed by atoms with Gasteiger partial charge in [0.25, 0.3) is 0 Å². The summed E-state index contributed by atoms with van der Waals surface area (Å²) in [6.45, 7) is 11.4. The normalized spacial score (nSPS) is 28.1. The van der Waals surface area contributed by atoms with Gasteiger partial charge in [0.1, 0.15) is 6.17 Å². The summed E-state index contributed by atoms with van der Waals surface area (Å²) >= 11 is 1.78. The molecule has 1 aliphatic heterocycles. The van der Waals surface area contributed by atoms with Gasteiger partial charge in [0.15, 0.2) is 0 Å². The first kappa shape index (κ1) is 15.5. The topological polar surface area (TPSA) is 32.3 Å². The summed E-state index contributed by atoms with van der Waals surface area (Å²) in [7, 11) is 0. The smallest absolute Gasteiger partial charge is 0.244 e. The van der Waals surface area contributed by atoms with Crippen LogP contribution in [0.1, 0.15) is 56.5 Å². The lowest BCUT2D eigenvalue weighted by Gasteiger charge is -2.26. The molecule has 112 valence electrons. The van der Waals surface area contributed by atoms with Crippen molar-refractivity contribution in [3.8, 4) is 0 Å². The molecule has 3 nitrogen and oxygen atoms in total. The van der Waals surface area contributed by atoms with E-state index < -0.39 is 5.54 Å². The summed E-state index contributed by atoms with van der Waals surface area (Å²) in [6, 6.07) is 4.28. The number of carbonyl (C=O) groups is 1. The Bertz CT molecular complexity index is 485. The van der Waals surface area contributed by atoms with Crippen LogP contribution in [0, 0.1) is 12.8 Å². The molecule has 0 aliphatic carbocycles. The highest BCUT2D eigenvalue weighted by Gasteiger charge is 2.47. The Labute approximate surface area is 126 Å². The molecule has 4 heteroatoms. The molecule has 1 aromatic heterocycles. The van der Waals surface area contributed by atoms with E-state index in [4.69, 9.17) is 0 Å². The van der Waals surface area contributed by atoms with E-state index in [-0.39, 0.29) is 12.1 Å². The first-order valence-corrected chi connectivity index (χ1v) is 8.38. The lowest BCUT2D eigenvalue weighted by Crippen LogP contribution is -2.43. The second-order valence-corrected chi connectivity index (χ2v) is 7.47. The van der Waals surface area contributed by atoms with E-state index in [1.807, 2.05) is 11.8 Å². The average Bonchev–Trinajstić information content (AvgIpc) is 2.96. The second kappa shape index (κ2) is 5.86. The molecule has 1 aliphatic rings. The highest BCUT2D eigenvalue weighted by atomic mass is 32.1. The fourth-order valence-electron chi connectivity index (χ4n) is 2.61. The van der Waals surface area contributed by atoms with Crippen molar-refractivity contribution in [2.75, 3.05) is 6.54 Å². The number of thiophene rings is 1. The molecule has 1 aromatic rings. The van der Waals surface area contributed by atoms with Crippen molar-refractivity contribution in [1.29, 1.82) is 0 Å². The maximum Gasteiger partial charge on any atom is 0.244 e. The van der Waals surface area contributed by atoms with E-state index in [0.29, 0.717) is 5.92 Å². The molecule has 3 atom stereocenters. The van der Waals surface area contributed by atoms with Crippen LogP contribution >= 0.6 is 11.3 Å². The van der Waals surface area contributed by atoms with Crippen molar-refractivity contribution in [2.24, 2.45) is 5.92 Å². The maximum atomic E-state index is 12.8. The molecular formula is C16H26N2OS. The number of amides is 1. The number of hydrogen-bond donors (Lipinski definition) is 1. The van der Waals surface area contributed by atoms with Crippen molar-refractivity contribution < 1.29 is 4.79 Å². The van der Waals surface area contributed by atoms with Crippen LogP contribution in [-0.4, -0.2) is 22.9 Å². The zero-order chi connectivity index (χ0) is 14.9. The molecule has 0 spiro atoms. The molecule has 3 unspecified atom stereocenters. The first-order valence-electron chi connectivity index (χ1n) is 7.56. The Kier molecular flexibility index (Phi) is 4.55. The quantitative estimate of drug-likeness (QED) is 0.898. The summed E-state index contributed by atoms with van der Waals surface area (Å²) in [6.07, 6.45) is 1.96. The van der Waals surface area contributed by atoms with E-state index in [1.54, 1.807) is 11.3 Å². The van der Waals surface area contributed by atoms with Gasteiger partial charge in [0.2, 0.25) is 5.91 Å². The molecule has 1 saturated heterocycles. The lowest BCUT2D eigenvalue weighted by atomic mass is 9.99. The first-order chi connectivity index (χ1) is 9.41. The minimum absolute atomic E-state index is 0.0418. The highest BCUT2D eigenvalue weighted by Crippen LogP contribution is 2.36. The summed E-state index contributed by atoms with van der Waals surface area (Å²) in [4.78, 5) is 17.4. The van der Waals surface area contributed by atoms with Crippen LogP contribution in [0.25, 0.3) is 0 Å². The molecule has 0 saturated carbocycles. The minimum Gasteiger partial charge on any atom is -0.320 e. The molecule has 0 radical (unpaired) electrons. The maximum absolute atomic E-state index is 12.8. The highest BCUT2D eigenvalue weighted by molar-refractivity contribution is 7.12. The van der Waals surface area contributed by atoms with Gasteiger partial charge in [-0.2, -0.15) is 0 Å². The van der Waals surface area contributed by atoms with Crippen molar-refractivity contribution in [2.45, 2.75) is 59.2 Å². The van der Waals surface area contributed by atoms with E-state index in [9.17, 15) is 4.79 Å². The van der Waals surface area contributed by atoms with E-state index in [2.05, 4.69) is 45.1 Å². The number of rotatable bonds is 5. The second-order valence-electron chi connectivity index (χ2n) is 6.15. The van der Waals surface area contributed by atoms with Crippen molar-refractivity contribution in [3.63, 3.8) is 0 Å². The molecule has 0 aromatic carbocycles. The van der Waals surface area contributed by atoms with Crippen molar-refractivity contribution in [3.05, 3.63) is 21.9 Å². The predicted molar refractivity (Wildman–Crippen MR) is 84.8 cm³/mol. The molecule has 1 amide bonds. The number of hydrogen-bond acceptors (Lipinski definition) is 3. The Balaban J connectivity index is 2.29. The van der Waals surface area contributed by atoms with Gasteiger partial charge in [-0.1, -0.05) is 27.2 Å². The lowest BCUT2D eigenvalue weighted by molar-refractivity contribution is -0.133. The molecule has 20 heavy (non-hydrogen) atoms. The van der Waals surface area contributed by atoms with Crippen molar-refractivity contribution >= 4 is 17.2 Å². The van der Waals surface area contributed by atoms with E-state index in [1.165, 1.54) is 9.75 Å². The Morgan fingerprint density at radius 3 is 2.65 bits per heavy atom. The number of aryl methyl sites for hydroxylation is 1. The van der Waals surface area contributed by atoms with Gasteiger partial charge in [0.05, 0.1) is 5.54 Å². The molecular weight excluding hydrogens is 268 g/mol. The molecule has 2 rings (SSSR count). The summed E-state index contributed by atoms with van der Waals surface area (Å²) in [5.74, 6) is 0.778. The van der Waals surface area contributed by atoms with E-state index in [0.717, 1.165) is 19.4 Å². The van der Waals surface area contributed by atoms with Crippen LogP contribution in [0.5, 0.6) is 0 Å². The zero-order valence-corrected chi connectivity index (χ0v) is 14.0. The third-order valence-electron chi connectivity index (χ3n) is 4.44. The molecule has 1 fully saturated rings. The third kappa shape index (κ3) is 2.77. The molecule has 1 N–H and O–H groups in total. The molecule has 0 bridgehead atoms. The van der Waals surface area contributed by atoms with Gasteiger partial charge in [-0.3, -0.25) is 10.1 Å². The van der Waals surface area contributed by atoms with E-state index >= 15 is 0 Å². The Morgan fingerprint density at radius 2 is 2.15 bits per heavy atom. The van der Waals surface area contributed by atoms with Crippen LogP contribution in [0.2, 0.25) is 0 Å². The van der Waals surface area contributed by atoms with Gasteiger partial charge < -0.3 is 4.90 Å². The van der Waals surface area contributed by atoms with Gasteiger partial charge >= 0.3 is 0 Å². The van der Waals surface area contributed by atoms with Gasteiger partial charge in [0, 0.05) is 16.3 Å². The van der Waals surface area contributed by atoms with Gasteiger partial charge in [-0.15, -0.1) is 11.3 Å². The Morgan fingerprint density at radius 1 is 1.45 bits per heavy atom. The number of nitrogens with one attached hydrogen (secondary N) is 1. The van der Waals surface area contributed by atoms with Crippen LogP contribution in [0.4, 0.5) is 0 Å². The summed E-state index contributed by atoms with van der Waals surface area (Å²) in [5.41, 5.74) is -0.421. The fraction of sp³-hybridized carbons (Fsp3) is 0.688. The monoisotopic (exact) mass is 294 g/mol. The van der Waals surface area contributed by atoms with Gasteiger partial charge in [-0.05, 0) is 38.3 Å². The van der Waals surface area contributed by atoms with Crippen LogP contribution in [-0.2, 0) is 4.79 Å². The SMILES string of the molecule is CCC(C)CN1C(=O)C(C)(CC)NC1c1ccc(C)s1. The average molecular weight is 294 g/mol. The minimum atomic E-state index is -0.421. The number of carbonyl (C=O) groups excluding carboxylic acids is 1. The van der Waals surface area contributed by atoms with Crippen molar-refractivity contribution in [1.82, 2.24) is 10.2 Å². The van der Waals surface area contributed by atoms with Crippen LogP contribution < -0.4 is 5.32 Å². The third-order valence-corrected chi connectivity index (χ3v) is 5.50. The van der Waals surface area contributed by atoms with Crippen LogP contribution in [0.3, 0.4) is 0 Å². The summed E-state index contributed by atoms with van der Waals surface area (Å²) in [5, 5.41) is 3.56. The predicted octanol–water partition coefficient (Wildman–Crippen LogP) is 3.70.